The first-order chi connectivity index (χ1) is 9.53. The molecule has 1 unspecified atom stereocenters. The van der Waals surface area contributed by atoms with Crippen LogP contribution >= 0.6 is 11.6 Å². The van der Waals surface area contributed by atoms with E-state index in [2.05, 4.69) is 49.7 Å². The lowest BCUT2D eigenvalue weighted by Gasteiger charge is -2.20. The van der Waals surface area contributed by atoms with Crippen molar-refractivity contribution in [1.29, 1.82) is 0 Å². The third-order valence-corrected chi connectivity index (χ3v) is 4.10. The van der Waals surface area contributed by atoms with Crippen LogP contribution in [0.3, 0.4) is 0 Å². The number of aromatic nitrogens is 2. The fraction of sp³-hybridized carbons (Fsp3) is 0.812. The first kappa shape index (κ1) is 17.5. The molecule has 1 N–H and O–H groups in total. The Labute approximate surface area is 129 Å². The summed E-state index contributed by atoms with van der Waals surface area (Å²) in [5, 5.41) is 8.99. The lowest BCUT2D eigenvalue weighted by molar-refractivity contribution is 0.379. The molecule has 0 aromatic carbocycles. The maximum absolute atomic E-state index is 6.52. The molecule has 0 aliphatic heterocycles. The SMILES string of the molecule is CCNCC(Cc1c(Cl)c(CC)nn1CC)CC(C)C. The average Bonchev–Trinajstić information content (AvgIpc) is 2.72. The number of hydrogen-bond donors (Lipinski definition) is 1. The van der Waals surface area contributed by atoms with Gasteiger partial charge in [0.2, 0.25) is 0 Å². The number of halogens is 1. The van der Waals surface area contributed by atoms with Crippen molar-refractivity contribution < 1.29 is 0 Å². The summed E-state index contributed by atoms with van der Waals surface area (Å²) in [7, 11) is 0. The van der Waals surface area contributed by atoms with Gasteiger partial charge in [-0.3, -0.25) is 4.68 Å². The van der Waals surface area contributed by atoms with Crippen molar-refractivity contribution in [3.63, 3.8) is 0 Å². The Morgan fingerprint density at radius 3 is 2.45 bits per heavy atom. The molecule has 3 nitrogen and oxygen atoms in total. The summed E-state index contributed by atoms with van der Waals surface area (Å²) in [5.74, 6) is 1.33. The van der Waals surface area contributed by atoms with Gasteiger partial charge in [-0.05, 0) is 51.1 Å². The van der Waals surface area contributed by atoms with Crippen molar-refractivity contribution in [3.05, 3.63) is 16.4 Å². The molecule has 0 amide bonds. The van der Waals surface area contributed by atoms with E-state index in [1.54, 1.807) is 0 Å². The molecule has 0 spiro atoms. The Kier molecular flexibility index (Phi) is 7.60. The predicted octanol–water partition coefficient (Wildman–Crippen LogP) is 3.93. The molecule has 0 bridgehead atoms. The van der Waals surface area contributed by atoms with Crippen LogP contribution in [0.2, 0.25) is 5.02 Å². The van der Waals surface area contributed by atoms with E-state index in [0.717, 1.165) is 43.2 Å². The number of aryl methyl sites for hydroxylation is 2. The van der Waals surface area contributed by atoms with Crippen LogP contribution in [0, 0.1) is 11.8 Å². The average molecular weight is 300 g/mol. The van der Waals surface area contributed by atoms with Crippen molar-refractivity contribution >= 4 is 11.6 Å². The van der Waals surface area contributed by atoms with Crippen molar-refractivity contribution in [2.45, 2.75) is 60.4 Å². The molecule has 1 aromatic heterocycles. The van der Waals surface area contributed by atoms with Crippen molar-refractivity contribution in [2.75, 3.05) is 13.1 Å². The summed E-state index contributed by atoms with van der Waals surface area (Å²) >= 11 is 6.52. The smallest absolute Gasteiger partial charge is 0.0849 e. The van der Waals surface area contributed by atoms with Crippen LogP contribution in [0.25, 0.3) is 0 Å². The minimum atomic E-state index is 0.624. The molecule has 116 valence electrons. The lowest BCUT2D eigenvalue weighted by atomic mass is 9.92. The molecule has 20 heavy (non-hydrogen) atoms. The molecule has 4 heteroatoms. The van der Waals surface area contributed by atoms with Gasteiger partial charge >= 0.3 is 0 Å². The molecular weight excluding hydrogens is 270 g/mol. The van der Waals surface area contributed by atoms with Crippen molar-refractivity contribution in [1.82, 2.24) is 15.1 Å². The summed E-state index contributed by atoms with van der Waals surface area (Å²) < 4.78 is 2.08. The van der Waals surface area contributed by atoms with E-state index in [1.165, 1.54) is 12.1 Å². The first-order valence-electron chi connectivity index (χ1n) is 7.98. The quantitative estimate of drug-likeness (QED) is 0.748. The van der Waals surface area contributed by atoms with Gasteiger partial charge in [0.1, 0.15) is 0 Å². The summed E-state index contributed by atoms with van der Waals surface area (Å²) in [5.41, 5.74) is 2.25. The van der Waals surface area contributed by atoms with E-state index in [9.17, 15) is 0 Å². The van der Waals surface area contributed by atoms with Gasteiger partial charge in [0.05, 0.1) is 16.4 Å². The largest absolute Gasteiger partial charge is 0.317 e. The molecule has 1 heterocycles. The third-order valence-electron chi connectivity index (χ3n) is 3.66. The van der Waals surface area contributed by atoms with Crippen LogP contribution in [-0.2, 0) is 19.4 Å². The summed E-state index contributed by atoms with van der Waals surface area (Å²) in [6.45, 7) is 14.0. The fourth-order valence-corrected chi connectivity index (χ4v) is 3.09. The maximum atomic E-state index is 6.52. The first-order valence-corrected chi connectivity index (χ1v) is 8.35. The zero-order valence-electron chi connectivity index (χ0n) is 13.7. The highest BCUT2D eigenvalue weighted by Crippen LogP contribution is 2.26. The number of rotatable bonds is 9. The highest BCUT2D eigenvalue weighted by molar-refractivity contribution is 6.31. The summed E-state index contributed by atoms with van der Waals surface area (Å²) in [6.07, 6.45) is 3.14. The van der Waals surface area contributed by atoms with E-state index < -0.39 is 0 Å². The Hall–Kier alpha value is -0.540. The lowest BCUT2D eigenvalue weighted by Crippen LogP contribution is -2.26. The van der Waals surface area contributed by atoms with Gasteiger partial charge in [-0.15, -0.1) is 0 Å². The Morgan fingerprint density at radius 2 is 1.95 bits per heavy atom. The third kappa shape index (κ3) is 4.78. The second-order valence-corrected chi connectivity index (χ2v) is 6.26. The standard InChI is InChI=1S/C16H30ClN3/c1-6-14-16(17)15(20(8-3)19-14)10-13(9-12(4)5)11-18-7-2/h12-13,18H,6-11H2,1-5H3. The van der Waals surface area contributed by atoms with Crippen molar-refractivity contribution in [3.8, 4) is 0 Å². The van der Waals surface area contributed by atoms with Gasteiger partial charge in [0.15, 0.2) is 0 Å². The van der Waals surface area contributed by atoms with Crippen LogP contribution in [0.15, 0.2) is 0 Å². The predicted molar refractivity (Wildman–Crippen MR) is 87.5 cm³/mol. The van der Waals surface area contributed by atoms with E-state index >= 15 is 0 Å². The monoisotopic (exact) mass is 299 g/mol. The molecule has 0 saturated heterocycles. The van der Waals surface area contributed by atoms with E-state index in [0.29, 0.717) is 11.8 Å². The number of nitrogens with one attached hydrogen (secondary N) is 1. The van der Waals surface area contributed by atoms with Gasteiger partial charge in [-0.2, -0.15) is 5.10 Å². The topological polar surface area (TPSA) is 29.9 Å². The second kappa shape index (κ2) is 8.68. The van der Waals surface area contributed by atoms with Gasteiger partial charge < -0.3 is 5.32 Å². The maximum Gasteiger partial charge on any atom is 0.0849 e. The summed E-state index contributed by atoms with van der Waals surface area (Å²) in [4.78, 5) is 0. The van der Waals surface area contributed by atoms with Crippen LogP contribution in [0.5, 0.6) is 0 Å². The molecule has 0 saturated carbocycles. The Balaban J connectivity index is 2.88. The minimum absolute atomic E-state index is 0.624. The van der Waals surface area contributed by atoms with Crippen LogP contribution in [0.4, 0.5) is 0 Å². The Bertz CT molecular complexity index is 399. The molecule has 0 aliphatic carbocycles. The van der Waals surface area contributed by atoms with Gasteiger partial charge in [-0.25, -0.2) is 0 Å². The van der Waals surface area contributed by atoms with Crippen LogP contribution in [-0.4, -0.2) is 22.9 Å². The minimum Gasteiger partial charge on any atom is -0.317 e. The van der Waals surface area contributed by atoms with E-state index in [4.69, 9.17) is 11.6 Å². The zero-order chi connectivity index (χ0) is 15.1. The van der Waals surface area contributed by atoms with Crippen molar-refractivity contribution in [2.24, 2.45) is 11.8 Å². The van der Waals surface area contributed by atoms with E-state index in [1.807, 2.05) is 0 Å². The van der Waals surface area contributed by atoms with Gasteiger partial charge in [0.25, 0.3) is 0 Å². The molecule has 1 atom stereocenters. The highest BCUT2D eigenvalue weighted by Gasteiger charge is 2.19. The zero-order valence-corrected chi connectivity index (χ0v) is 14.4. The molecule has 1 rings (SSSR count). The summed E-state index contributed by atoms with van der Waals surface area (Å²) in [6, 6.07) is 0. The molecule has 0 radical (unpaired) electrons. The fourth-order valence-electron chi connectivity index (χ4n) is 2.74. The normalized spacial score (nSPS) is 13.2. The van der Waals surface area contributed by atoms with E-state index in [-0.39, 0.29) is 0 Å². The second-order valence-electron chi connectivity index (χ2n) is 5.88. The molecule has 0 fully saturated rings. The van der Waals surface area contributed by atoms with Crippen LogP contribution < -0.4 is 5.32 Å². The molecule has 1 aromatic rings. The molecular formula is C16H30ClN3. The number of hydrogen-bond acceptors (Lipinski definition) is 2. The highest BCUT2D eigenvalue weighted by atomic mass is 35.5. The number of nitrogens with zero attached hydrogens (tertiary/aromatic N) is 2. The van der Waals surface area contributed by atoms with Gasteiger partial charge in [0, 0.05) is 6.54 Å². The van der Waals surface area contributed by atoms with Gasteiger partial charge in [-0.1, -0.05) is 39.3 Å². The molecule has 0 aliphatic rings. The van der Waals surface area contributed by atoms with Crippen LogP contribution in [0.1, 0.15) is 52.4 Å². The Morgan fingerprint density at radius 1 is 1.25 bits per heavy atom.